The highest BCUT2D eigenvalue weighted by molar-refractivity contribution is 6.61. The number of nitrogens with two attached hydrogens (primary N) is 1. The van der Waals surface area contributed by atoms with Gasteiger partial charge in [-0.05, 0) is 24.3 Å². The topological polar surface area (TPSA) is 90.6 Å². The number of hydrogen-bond acceptors (Lipinski definition) is 5. The first-order valence-electron chi connectivity index (χ1n) is 7.83. The van der Waals surface area contributed by atoms with Crippen LogP contribution in [0.2, 0.25) is 0 Å². The molecule has 7 heteroatoms. The van der Waals surface area contributed by atoms with Gasteiger partial charge in [0.15, 0.2) is 0 Å². The van der Waals surface area contributed by atoms with E-state index in [1.807, 2.05) is 48.5 Å². The first-order chi connectivity index (χ1) is 13.0. The van der Waals surface area contributed by atoms with Gasteiger partial charge in [0.1, 0.15) is 13.2 Å². The van der Waals surface area contributed by atoms with Crippen LogP contribution in [-0.4, -0.2) is 24.7 Å². The van der Waals surface area contributed by atoms with Gasteiger partial charge in [0, 0.05) is 23.0 Å². The first-order valence-corrected chi connectivity index (χ1v) is 8.20. The Balaban J connectivity index is 0.000000410. The molecule has 0 saturated heterocycles. The number of nitrogen functional groups attached to an aromatic ring is 1. The van der Waals surface area contributed by atoms with Gasteiger partial charge in [-0.15, -0.1) is 0 Å². The number of nitrogens with one attached hydrogen (secondary N) is 1. The molecule has 3 N–H and O–H groups in total. The van der Waals surface area contributed by atoms with Crippen molar-refractivity contribution in [3.63, 3.8) is 0 Å². The maximum Gasteiger partial charge on any atom is 0.411 e. The van der Waals surface area contributed by atoms with Crippen molar-refractivity contribution in [2.75, 3.05) is 24.3 Å². The lowest BCUT2D eigenvalue weighted by atomic mass is 10.3. The molecular formula is C20H23ClN2O4. The molecule has 0 heterocycles. The van der Waals surface area contributed by atoms with Gasteiger partial charge in [0.05, 0.1) is 0 Å². The average Bonchev–Trinajstić information content (AvgIpc) is 2.67. The van der Waals surface area contributed by atoms with E-state index in [-0.39, 0.29) is 13.2 Å². The van der Waals surface area contributed by atoms with E-state index in [1.54, 1.807) is 12.1 Å². The van der Waals surface area contributed by atoms with Gasteiger partial charge < -0.3 is 15.2 Å². The third kappa shape index (κ3) is 16.0. The number of benzene rings is 2. The summed E-state index contributed by atoms with van der Waals surface area (Å²) < 4.78 is 8.93. The fourth-order valence-corrected chi connectivity index (χ4v) is 1.45. The molecule has 2 aromatic carbocycles. The largest absolute Gasteiger partial charge is 0.449 e. The monoisotopic (exact) mass is 390 g/mol. The Hall–Kier alpha value is -3.25. The molecule has 144 valence electrons. The van der Waals surface area contributed by atoms with Gasteiger partial charge in [-0.3, -0.25) is 5.32 Å². The molecule has 0 bridgehead atoms. The predicted octanol–water partition coefficient (Wildman–Crippen LogP) is 5.24. The highest BCUT2D eigenvalue weighted by atomic mass is 35.5. The zero-order valence-corrected chi connectivity index (χ0v) is 15.6. The lowest BCUT2D eigenvalue weighted by Crippen LogP contribution is -2.13. The van der Waals surface area contributed by atoms with Crippen molar-refractivity contribution < 1.29 is 19.1 Å². The zero-order chi connectivity index (χ0) is 20.3. The van der Waals surface area contributed by atoms with Crippen LogP contribution < -0.4 is 11.1 Å². The van der Waals surface area contributed by atoms with Crippen molar-refractivity contribution in [1.29, 1.82) is 0 Å². The average molecular weight is 391 g/mol. The quantitative estimate of drug-likeness (QED) is 0.414. The van der Waals surface area contributed by atoms with Gasteiger partial charge >= 0.3 is 11.5 Å². The summed E-state index contributed by atoms with van der Waals surface area (Å²) >= 11 is 4.75. The van der Waals surface area contributed by atoms with E-state index in [4.69, 9.17) is 22.1 Å². The number of anilines is 2. The van der Waals surface area contributed by atoms with Crippen molar-refractivity contribution >= 4 is 34.5 Å². The van der Waals surface area contributed by atoms with Gasteiger partial charge in [0.25, 0.3) is 0 Å². The standard InChI is InChI=1S/C10H11NO2.C6H7N.C4H5ClO2/c1-2-8-13-10(12)11-9-6-4-3-5-7-9;7-6-4-2-1-3-5-6;1-2-3-7-4(5)6/h2-7H,1,8H2,(H,11,12);1-5H,7H2;2H,1,3H2. The maximum atomic E-state index is 11.0. The molecule has 6 nitrogen and oxygen atoms in total. The molecule has 0 atom stereocenters. The molecular weight excluding hydrogens is 368 g/mol. The third-order valence-corrected chi connectivity index (χ3v) is 2.58. The molecule has 0 aliphatic carbocycles. The van der Waals surface area contributed by atoms with E-state index in [9.17, 15) is 9.59 Å². The number of ether oxygens (including phenoxy) is 2. The highest BCUT2D eigenvalue weighted by Crippen LogP contribution is 2.04. The van der Waals surface area contributed by atoms with Crippen molar-refractivity contribution in [1.82, 2.24) is 0 Å². The van der Waals surface area contributed by atoms with E-state index in [0.29, 0.717) is 0 Å². The van der Waals surface area contributed by atoms with Gasteiger partial charge in [0.2, 0.25) is 0 Å². The van der Waals surface area contributed by atoms with E-state index in [2.05, 4.69) is 23.2 Å². The number of para-hydroxylation sites is 2. The Morgan fingerprint density at radius 3 is 1.78 bits per heavy atom. The molecule has 1 amide bonds. The van der Waals surface area contributed by atoms with Crippen LogP contribution in [0.1, 0.15) is 0 Å². The number of amides is 1. The Morgan fingerprint density at radius 2 is 1.41 bits per heavy atom. The molecule has 0 spiro atoms. The minimum Gasteiger partial charge on any atom is -0.449 e. The Kier molecular flexibility index (Phi) is 14.3. The summed E-state index contributed by atoms with van der Waals surface area (Å²) in [6.45, 7) is 7.14. The molecule has 0 radical (unpaired) electrons. The van der Waals surface area contributed by atoms with Crippen LogP contribution in [0, 0.1) is 0 Å². The van der Waals surface area contributed by atoms with Crippen LogP contribution in [0.5, 0.6) is 0 Å². The molecule has 0 aliphatic heterocycles. The number of carbonyl (C=O) groups excluding carboxylic acids is 2. The Labute approximate surface area is 164 Å². The summed E-state index contributed by atoms with van der Waals surface area (Å²) in [7, 11) is 0. The molecule has 0 saturated carbocycles. The molecule has 0 aliphatic rings. The summed E-state index contributed by atoms with van der Waals surface area (Å²) in [6, 6.07) is 18.6. The van der Waals surface area contributed by atoms with Crippen molar-refractivity contribution in [3.05, 3.63) is 86.0 Å². The van der Waals surface area contributed by atoms with Crippen LogP contribution in [0.25, 0.3) is 0 Å². The van der Waals surface area contributed by atoms with Crippen molar-refractivity contribution in [2.45, 2.75) is 0 Å². The van der Waals surface area contributed by atoms with Crippen LogP contribution in [0.4, 0.5) is 21.0 Å². The van der Waals surface area contributed by atoms with Crippen molar-refractivity contribution in [2.24, 2.45) is 0 Å². The summed E-state index contributed by atoms with van der Waals surface area (Å²) in [5.74, 6) is 0. The maximum absolute atomic E-state index is 11.0. The van der Waals surface area contributed by atoms with Crippen LogP contribution in [-0.2, 0) is 9.47 Å². The second-order valence-electron chi connectivity index (χ2n) is 4.63. The van der Waals surface area contributed by atoms with Crippen LogP contribution in [0.15, 0.2) is 86.0 Å². The lowest BCUT2D eigenvalue weighted by Gasteiger charge is -2.03. The molecule has 0 unspecified atom stereocenters. The minimum absolute atomic E-state index is 0.183. The summed E-state index contributed by atoms with van der Waals surface area (Å²) in [6.07, 6.45) is 2.50. The van der Waals surface area contributed by atoms with Crippen LogP contribution in [0.3, 0.4) is 0 Å². The van der Waals surface area contributed by atoms with E-state index < -0.39 is 11.5 Å². The van der Waals surface area contributed by atoms with Gasteiger partial charge in [-0.2, -0.15) is 0 Å². The lowest BCUT2D eigenvalue weighted by molar-refractivity contribution is 0.174. The molecule has 2 aromatic rings. The van der Waals surface area contributed by atoms with Crippen LogP contribution >= 0.6 is 11.6 Å². The van der Waals surface area contributed by atoms with E-state index in [0.717, 1.165) is 11.4 Å². The van der Waals surface area contributed by atoms with Gasteiger partial charge in [-0.1, -0.05) is 61.7 Å². The van der Waals surface area contributed by atoms with E-state index in [1.165, 1.54) is 12.2 Å². The SMILES string of the molecule is C=CCOC(=O)Cl.C=CCOC(=O)Nc1ccccc1.Nc1ccccc1. The molecule has 0 fully saturated rings. The third-order valence-electron chi connectivity index (χ3n) is 2.47. The highest BCUT2D eigenvalue weighted by Gasteiger charge is 1.99. The predicted molar refractivity (Wildman–Crippen MR) is 110 cm³/mol. The zero-order valence-electron chi connectivity index (χ0n) is 14.8. The fourth-order valence-electron chi connectivity index (χ4n) is 1.39. The number of hydrogen-bond donors (Lipinski definition) is 2. The molecule has 2 rings (SSSR count). The summed E-state index contributed by atoms with van der Waals surface area (Å²) in [5, 5.41) is 2.57. The molecule has 27 heavy (non-hydrogen) atoms. The number of carbonyl (C=O) groups is 2. The smallest absolute Gasteiger partial charge is 0.411 e. The summed E-state index contributed by atoms with van der Waals surface area (Å²) in [5.41, 5.74) is 6.11. The number of rotatable bonds is 5. The first kappa shape index (κ1) is 23.8. The summed E-state index contributed by atoms with van der Waals surface area (Å²) in [4.78, 5) is 20.7. The van der Waals surface area contributed by atoms with Crippen molar-refractivity contribution in [3.8, 4) is 0 Å². The number of halogens is 1. The normalized spacial score (nSPS) is 8.48. The minimum atomic E-state index is -0.792. The van der Waals surface area contributed by atoms with E-state index >= 15 is 0 Å². The second-order valence-corrected chi connectivity index (χ2v) is 4.93. The fraction of sp³-hybridized carbons (Fsp3) is 0.100. The van der Waals surface area contributed by atoms with Gasteiger partial charge in [-0.25, -0.2) is 9.59 Å². The Bertz CT molecular complexity index is 679. The Morgan fingerprint density at radius 1 is 0.926 bits per heavy atom. The molecule has 0 aromatic heterocycles. The second kappa shape index (κ2) is 16.2.